The first kappa shape index (κ1) is 54.8. The first-order chi connectivity index (χ1) is 27.6. The van der Waals surface area contributed by atoms with Crippen LogP contribution in [-0.2, 0) is 4.79 Å². The van der Waals surface area contributed by atoms with E-state index < -0.39 is 18.2 Å². The first-order valence-corrected chi connectivity index (χ1v) is 25.1. The van der Waals surface area contributed by atoms with E-state index in [4.69, 9.17) is 0 Å². The maximum Gasteiger partial charge on any atom is 0.220 e. The van der Waals surface area contributed by atoms with Crippen molar-refractivity contribution >= 4 is 5.91 Å². The molecule has 4 N–H and O–H groups in total. The third-order valence-electron chi connectivity index (χ3n) is 11.8. The maximum atomic E-state index is 12.5. The molecule has 3 unspecified atom stereocenters. The summed E-state index contributed by atoms with van der Waals surface area (Å²) >= 11 is 0. The highest BCUT2D eigenvalue weighted by Crippen LogP contribution is 2.16. The standard InChI is InChI=1S/C51H99NO4/c1-3-5-7-9-11-13-15-17-19-21-23-24-25-26-27-28-29-31-33-35-37-39-41-43-45-49(54)51(56)48(47-53)52-50(55)46-44-42-40-38-36-34-32-30-22-20-18-16-14-12-10-8-6-4-2/h30,32,37,39,48-49,51,53-54,56H,3-29,31,33-36,38,40-47H2,1-2H3,(H,52,55)/b32-30-,39-37+. The highest BCUT2D eigenvalue weighted by Gasteiger charge is 2.26. The van der Waals surface area contributed by atoms with Crippen LogP contribution in [0, 0.1) is 0 Å². The van der Waals surface area contributed by atoms with Crippen molar-refractivity contribution in [1.29, 1.82) is 0 Å². The Bertz CT molecular complexity index is 829. The van der Waals surface area contributed by atoms with Crippen LogP contribution in [0.5, 0.6) is 0 Å². The minimum atomic E-state index is -1.16. The average molecular weight is 790 g/mol. The van der Waals surface area contributed by atoms with Gasteiger partial charge in [-0.15, -0.1) is 0 Å². The number of hydrogen-bond acceptors (Lipinski definition) is 4. The Kier molecular flexibility index (Phi) is 45.5. The number of aliphatic hydroxyl groups excluding tert-OH is 3. The summed E-state index contributed by atoms with van der Waals surface area (Å²) < 4.78 is 0. The molecule has 0 aromatic carbocycles. The zero-order chi connectivity index (χ0) is 40.8. The highest BCUT2D eigenvalue weighted by atomic mass is 16.3. The molecule has 0 radical (unpaired) electrons. The summed E-state index contributed by atoms with van der Waals surface area (Å²) in [7, 11) is 0. The van der Waals surface area contributed by atoms with Gasteiger partial charge in [-0.05, 0) is 64.2 Å². The number of unbranched alkanes of at least 4 members (excludes halogenated alkanes) is 34. The summed E-state index contributed by atoms with van der Waals surface area (Å²) in [5.74, 6) is -0.160. The summed E-state index contributed by atoms with van der Waals surface area (Å²) in [5.41, 5.74) is 0. The third kappa shape index (κ3) is 41.0. The second kappa shape index (κ2) is 46.5. The Hall–Kier alpha value is -1.17. The van der Waals surface area contributed by atoms with Crippen LogP contribution in [0.1, 0.15) is 271 Å². The lowest BCUT2D eigenvalue weighted by molar-refractivity contribution is -0.124. The number of nitrogens with one attached hydrogen (secondary N) is 1. The monoisotopic (exact) mass is 790 g/mol. The minimum Gasteiger partial charge on any atom is -0.394 e. The molecule has 0 heterocycles. The summed E-state index contributed by atoms with van der Waals surface area (Å²) in [4.78, 5) is 12.5. The maximum absolute atomic E-state index is 12.5. The van der Waals surface area contributed by atoms with Gasteiger partial charge < -0.3 is 20.6 Å². The van der Waals surface area contributed by atoms with Crippen LogP contribution in [0.25, 0.3) is 0 Å². The van der Waals surface area contributed by atoms with Crippen LogP contribution in [0.3, 0.4) is 0 Å². The van der Waals surface area contributed by atoms with Gasteiger partial charge in [-0.3, -0.25) is 4.79 Å². The van der Waals surface area contributed by atoms with Crippen molar-refractivity contribution in [3.05, 3.63) is 24.3 Å². The smallest absolute Gasteiger partial charge is 0.220 e. The van der Waals surface area contributed by atoms with Gasteiger partial charge >= 0.3 is 0 Å². The molecule has 3 atom stereocenters. The molecule has 56 heavy (non-hydrogen) atoms. The number of allylic oxidation sites excluding steroid dienone is 4. The van der Waals surface area contributed by atoms with Crippen LogP contribution in [0.4, 0.5) is 0 Å². The summed E-state index contributed by atoms with van der Waals surface area (Å²) in [6.07, 6.45) is 57.4. The minimum absolute atomic E-state index is 0.160. The summed E-state index contributed by atoms with van der Waals surface area (Å²) in [6, 6.07) is -0.829. The fourth-order valence-electron chi connectivity index (χ4n) is 7.86. The van der Waals surface area contributed by atoms with Gasteiger partial charge in [-0.1, -0.05) is 224 Å². The molecule has 332 valence electrons. The van der Waals surface area contributed by atoms with Gasteiger partial charge in [0.25, 0.3) is 0 Å². The molecule has 0 fully saturated rings. The molecule has 1 amide bonds. The number of aliphatic hydroxyl groups is 3. The third-order valence-corrected chi connectivity index (χ3v) is 11.8. The van der Waals surface area contributed by atoms with Crippen molar-refractivity contribution in [2.24, 2.45) is 0 Å². The van der Waals surface area contributed by atoms with Crippen molar-refractivity contribution < 1.29 is 20.1 Å². The fraction of sp³-hybridized carbons (Fsp3) is 0.902. The Labute approximate surface area is 350 Å². The predicted octanol–water partition coefficient (Wildman–Crippen LogP) is 14.9. The van der Waals surface area contributed by atoms with Crippen molar-refractivity contribution in [3.63, 3.8) is 0 Å². The molecule has 0 aliphatic rings. The van der Waals surface area contributed by atoms with Crippen molar-refractivity contribution in [1.82, 2.24) is 5.32 Å². The Morgan fingerprint density at radius 2 is 0.714 bits per heavy atom. The van der Waals surface area contributed by atoms with E-state index >= 15 is 0 Å². The van der Waals surface area contributed by atoms with E-state index in [1.807, 2.05) is 0 Å². The van der Waals surface area contributed by atoms with Crippen LogP contribution in [0.15, 0.2) is 24.3 Å². The quantitative estimate of drug-likeness (QED) is 0.0365. The summed E-state index contributed by atoms with van der Waals surface area (Å²) in [6.45, 7) is 4.19. The lowest BCUT2D eigenvalue weighted by Crippen LogP contribution is -2.50. The van der Waals surface area contributed by atoms with E-state index in [0.29, 0.717) is 12.8 Å². The van der Waals surface area contributed by atoms with Gasteiger partial charge in [0.05, 0.1) is 18.8 Å². The molecule has 0 aliphatic carbocycles. The van der Waals surface area contributed by atoms with E-state index in [0.717, 1.165) is 44.9 Å². The highest BCUT2D eigenvalue weighted by molar-refractivity contribution is 5.76. The van der Waals surface area contributed by atoms with E-state index in [-0.39, 0.29) is 12.5 Å². The predicted molar refractivity (Wildman–Crippen MR) is 245 cm³/mol. The van der Waals surface area contributed by atoms with E-state index in [1.165, 1.54) is 199 Å². The number of carbonyl (C=O) groups is 1. The van der Waals surface area contributed by atoms with Gasteiger partial charge in [-0.25, -0.2) is 0 Å². The van der Waals surface area contributed by atoms with Gasteiger partial charge in [0.1, 0.15) is 6.10 Å². The van der Waals surface area contributed by atoms with Crippen LogP contribution < -0.4 is 5.32 Å². The molecule has 0 rings (SSSR count). The van der Waals surface area contributed by atoms with E-state index in [9.17, 15) is 20.1 Å². The topological polar surface area (TPSA) is 89.8 Å². The number of amides is 1. The molecule has 5 nitrogen and oxygen atoms in total. The Morgan fingerprint density at radius 3 is 1.04 bits per heavy atom. The zero-order valence-corrected chi connectivity index (χ0v) is 37.8. The molecule has 0 saturated carbocycles. The van der Waals surface area contributed by atoms with Gasteiger partial charge in [-0.2, -0.15) is 0 Å². The normalized spacial score (nSPS) is 13.6. The van der Waals surface area contributed by atoms with Crippen LogP contribution in [-0.4, -0.2) is 46.1 Å². The second-order valence-corrected chi connectivity index (χ2v) is 17.4. The molecule has 0 aromatic heterocycles. The lowest BCUT2D eigenvalue weighted by Gasteiger charge is -2.26. The molecule has 0 bridgehead atoms. The molecule has 5 heteroatoms. The average Bonchev–Trinajstić information content (AvgIpc) is 3.20. The molecular weight excluding hydrogens is 691 g/mol. The second-order valence-electron chi connectivity index (χ2n) is 17.4. The van der Waals surface area contributed by atoms with E-state index in [2.05, 4.69) is 43.5 Å². The fourth-order valence-corrected chi connectivity index (χ4v) is 7.86. The molecular formula is C51H99NO4. The van der Waals surface area contributed by atoms with Crippen LogP contribution >= 0.6 is 0 Å². The zero-order valence-electron chi connectivity index (χ0n) is 37.8. The largest absolute Gasteiger partial charge is 0.394 e. The van der Waals surface area contributed by atoms with Gasteiger partial charge in [0.15, 0.2) is 0 Å². The van der Waals surface area contributed by atoms with Crippen LogP contribution in [0.2, 0.25) is 0 Å². The van der Waals surface area contributed by atoms with Gasteiger partial charge in [0.2, 0.25) is 5.91 Å². The number of carbonyl (C=O) groups excluding carboxylic acids is 1. The Balaban J connectivity index is 3.61. The summed E-state index contributed by atoms with van der Waals surface area (Å²) in [5, 5.41) is 33.6. The lowest BCUT2D eigenvalue weighted by atomic mass is 10.0. The van der Waals surface area contributed by atoms with Crippen molar-refractivity contribution in [2.45, 2.75) is 289 Å². The molecule has 0 spiro atoms. The number of hydrogen-bond donors (Lipinski definition) is 4. The Morgan fingerprint density at radius 1 is 0.429 bits per heavy atom. The number of rotatable bonds is 46. The SMILES string of the molecule is CCCCCCCCCCC/C=C\CCCCCCCC(=O)NC(CO)C(O)C(O)CCC/C=C/CCCCCCCCCCCCCCCCCCCCC. The first-order valence-electron chi connectivity index (χ1n) is 25.1. The van der Waals surface area contributed by atoms with Crippen molar-refractivity contribution in [2.75, 3.05) is 6.61 Å². The molecule has 0 aromatic rings. The molecule has 0 saturated heterocycles. The van der Waals surface area contributed by atoms with E-state index in [1.54, 1.807) is 0 Å². The molecule has 0 aliphatic heterocycles. The van der Waals surface area contributed by atoms with Crippen molar-refractivity contribution in [3.8, 4) is 0 Å². The van der Waals surface area contributed by atoms with Gasteiger partial charge in [0, 0.05) is 6.42 Å².